The van der Waals surface area contributed by atoms with Crippen molar-refractivity contribution >= 4 is 11.8 Å². The zero-order chi connectivity index (χ0) is 39.2. The van der Waals surface area contributed by atoms with Crippen LogP contribution in [0.25, 0.3) is 0 Å². The van der Waals surface area contributed by atoms with Crippen LogP contribution in [0.4, 0.5) is 0 Å². The van der Waals surface area contributed by atoms with Crippen LogP contribution in [-0.4, -0.2) is 50.2 Å². The fraction of sp³-hybridized carbons (Fsp3) is 0.458. The van der Waals surface area contributed by atoms with Crippen molar-refractivity contribution in [3.8, 4) is 0 Å². The average Bonchev–Trinajstić information content (AvgIpc) is 3.11. The molecule has 4 aromatic rings. The third kappa shape index (κ3) is 9.33. The summed E-state index contributed by atoms with van der Waals surface area (Å²) in [6.45, 7) is 12.4. The lowest BCUT2D eigenvalue weighted by molar-refractivity contribution is -0.192. The Labute approximate surface area is 323 Å². The number of hydrogen-bond acceptors (Lipinski definition) is 4. The minimum Gasteiger partial charge on any atom is -0.387 e. The molecule has 1 aliphatic rings. The molecule has 1 aliphatic carbocycles. The number of benzene rings is 4. The van der Waals surface area contributed by atoms with E-state index >= 15 is 4.79 Å². The van der Waals surface area contributed by atoms with E-state index in [9.17, 15) is 15.0 Å². The molecule has 0 bridgehead atoms. The number of carbonyl (C=O) groups excluding carboxylic acids is 2. The molecule has 0 aliphatic heterocycles. The van der Waals surface area contributed by atoms with Gasteiger partial charge in [-0.1, -0.05) is 182 Å². The Kier molecular flexibility index (Phi) is 12.6. The molecule has 0 saturated heterocycles. The van der Waals surface area contributed by atoms with E-state index in [2.05, 4.69) is 41.5 Å². The van der Waals surface area contributed by atoms with Crippen LogP contribution < -0.4 is 5.73 Å². The fourth-order valence-corrected chi connectivity index (χ4v) is 9.63. The Morgan fingerprint density at radius 2 is 0.833 bits per heavy atom. The monoisotopic (exact) mass is 730 g/mol. The first-order valence-electron chi connectivity index (χ1n) is 19.7. The first kappa shape index (κ1) is 40.9. The molecule has 288 valence electrons. The number of carbonyl (C=O) groups is 2. The molecule has 1 saturated carbocycles. The summed E-state index contributed by atoms with van der Waals surface area (Å²) < 4.78 is 0. The lowest BCUT2D eigenvalue weighted by Gasteiger charge is -2.59. The standard InChI is InChI=1S/C48H62N2O4/c1-44(2,3)40(47(53,32-36-22-12-7-13-23-36)33-37-24-14-8-15-25-37)50(43(52)46(42(49)51)30-20-11-21-31-46)41(45(4,5)6)48(54,34-38-26-16-9-17-27-38)35-39-28-18-10-19-29-39/h7-10,12-19,22-29,40-41,53-54H,11,20-21,30-35H2,1-6H3,(H2,49,51)/t40-,41-/m1/s1. The Morgan fingerprint density at radius 3 is 1.07 bits per heavy atom. The Balaban J connectivity index is 1.86. The predicted octanol–water partition coefficient (Wildman–Crippen LogP) is 8.51. The Bertz CT molecular complexity index is 1600. The van der Waals surface area contributed by atoms with Crippen molar-refractivity contribution in [1.82, 2.24) is 4.90 Å². The molecule has 6 heteroatoms. The second-order valence-electron chi connectivity index (χ2n) is 18.1. The molecule has 0 heterocycles. The third-order valence-corrected chi connectivity index (χ3v) is 11.4. The highest BCUT2D eigenvalue weighted by Crippen LogP contribution is 2.49. The van der Waals surface area contributed by atoms with Gasteiger partial charge in [-0.25, -0.2) is 0 Å². The van der Waals surface area contributed by atoms with Crippen LogP contribution in [0.5, 0.6) is 0 Å². The number of rotatable bonds is 14. The zero-order valence-electron chi connectivity index (χ0n) is 33.3. The van der Waals surface area contributed by atoms with Gasteiger partial charge < -0.3 is 20.8 Å². The summed E-state index contributed by atoms with van der Waals surface area (Å²) in [5, 5.41) is 27.4. The Hall–Kier alpha value is -4.26. The van der Waals surface area contributed by atoms with E-state index in [4.69, 9.17) is 5.73 Å². The maximum atomic E-state index is 16.1. The molecule has 0 unspecified atom stereocenters. The van der Waals surface area contributed by atoms with Gasteiger partial charge in [0.15, 0.2) is 0 Å². The maximum Gasteiger partial charge on any atom is 0.238 e. The third-order valence-electron chi connectivity index (χ3n) is 11.4. The molecule has 6 nitrogen and oxygen atoms in total. The molecular formula is C48H62N2O4. The molecule has 0 spiro atoms. The molecule has 4 aromatic carbocycles. The molecule has 2 atom stereocenters. The van der Waals surface area contributed by atoms with E-state index in [0.717, 1.165) is 28.7 Å². The lowest BCUT2D eigenvalue weighted by Crippen LogP contribution is -2.74. The largest absolute Gasteiger partial charge is 0.387 e. The summed E-state index contributed by atoms with van der Waals surface area (Å²) in [7, 11) is 0. The quantitative estimate of drug-likeness (QED) is 0.113. The minimum absolute atomic E-state index is 0.241. The first-order valence-corrected chi connectivity index (χ1v) is 19.7. The number of primary amides is 1. The SMILES string of the molecule is CC(C)(C)[C@@H](N(C(=O)C1(C(N)=O)CCCCC1)[C@H](C(C)(C)C)C(O)(Cc1ccccc1)Cc1ccccc1)C(O)(Cc1ccccc1)Cc1ccccc1. The van der Waals surface area contributed by atoms with E-state index in [0.29, 0.717) is 25.7 Å². The fourth-order valence-electron chi connectivity index (χ4n) is 9.63. The average molecular weight is 731 g/mol. The van der Waals surface area contributed by atoms with Gasteiger partial charge in [0.25, 0.3) is 0 Å². The van der Waals surface area contributed by atoms with Crippen LogP contribution in [0.2, 0.25) is 0 Å². The van der Waals surface area contributed by atoms with Crippen molar-refractivity contribution < 1.29 is 19.8 Å². The second-order valence-corrected chi connectivity index (χ2v) is 18.1. The molecule has 5 rings (SSSR count). The van der Waals surface area contributed by atoms with Gasteiger partial charge in [-0.15, -0.1) is 0 Å². The van der Waals surface area contributed by atoms with E-state index in [-0.39, 0.29) is 25.7 Å². The molecule has 4 N–H and O–H groups in total. The van der Waals surface area contributed by atoms with E-state index in [1.165, 1.54) is 0 Å². The van der Waals surface area contributed by atoms with Crippen molar-refractivity contribution in [3.05, 3.63) is 144 Å². The number of nitrogens with two attached hydrogens (primary N) is 1. The van der Waals surface area contributed by atoms with Crippen LogP contribution in [0.15, 0.2) is 121 Å². The van der Waals surface area contributed by atoms with E-state index in [1.807, 2.05) is 126 Å². The molecule has 1 fully saturated rings. The van der Waals surface area contributed by atoms with Gasteiger partial charge in [0, 0.05) is 25.7 Å². The number of nitrogens with zero attached hydrogens (tertiary/aromatic N) is 1. The maximum absolute atomic E-state index is 16.1. The van der Waals surface area contributed by atoms with Gasteiger partial charge >= 0.3 is 0 Å². The molecular weight excluding hydrogens is 669 g/mol. The number of amides is 2. The van der Waals surface area contributed by atoms with Crippen molar-refractivity contribution in [1.29, 1.82) is 0 Å². The number of hydrogen-bond donors (Lipinski definition) is 3. The summed E-state index contributed by atoms with van der Waals surface area (Å²) in [4.78, 5) is 31.8. The van der Waals surface area contributed by atoms with Crippen molar-refractivity contribution in [2.24, 2.45) is 22.0 Å². The highest BCUT2D eigenvalue weighted by Gasteiger charge is 2.61. The zero-order valence-corrected chi connectivity index (χ0v) is 33.3. The van der Waals surface area contributed by atoms with Crippen LogP contribution in [0.3, 0.4) is 0 Å². The molecule has 2 amide bonds. The highest BCUT2D eigenvalue weighted by atomic mass is 16.3. The van der Waals surface area contributed by atoms with Gasteiger partial charge in [-0.3, -0.25) is 9.59 Å². The van der Waals surface area contributed by atoms with Gasteiger partial charge in [0.1, 0.15) is 5.41 Å². The lowest BCUT2D eigenvalue weighted by atomic mass is 9.63. The van der Waals surface area contributed by atoms with Gasteiger partial charge in [-0.05, 0) is 45.9 Å². The smallest absolute Gasteiger partial charge is 0.238 e. The second kappa shape index (κ2) is 16.6. The van der Waals surface area contributed by atoms with Gasteiger partial charge in [-0.2, -0.15) is 0 Å². The summed E-state index contributed by atoms with van der Waals surface area (Å²) in [6, 6.07) is 37.9. The summed E-state index contributed by atoms with van der Waals surface area (Å²) in [6.07, 6.45) is 3.92. The van der Waals surface area contributed by atoms with Crippen molar-refractivity contribution in [2.75, 3.05) is 0 Å². The summed E-state index contributed by atoms with van der Waals surface area (Å²) in [5.74, 6) is -1.03. The number of aliphatic hydroxyl groups is 2. The molecule has 54 heavy (non-hydrogen) atoms. The van der Waals surface area contributed by atoms with Crippen LogP contribution in [-0.2, 0) is 35.3 Å². The topological polar surface area (TPSA) is 104 Å². The summed E-state index contributed by atoms with van der Waals surface area (Å²) >= 11 is 0. The molecule has 0 aromatic heterocycles. The van der Waals surface area contributed by atoms with Crippen LogP contribution in [0.1, 0.15) is 95.9 Å². The predicted molar refractivity (Wildman–Crippen MR) is 219 cm³/mol. The molecule has 0 radical (unpaired) electrons. The minimum atomic E-state index is -1.55. The van der Waals surface area contributed by atoms with Crippen molar-refractivity contribution in [3.63, 3.8) is 0 Å². The normalized spacial score (nSPS) is 16.3. The Morgan fingerprint density at radius 1 is 0.556 bits per heavy atom. The van der Waals surface area contributed by atoms with Gasteiger partial charge in [0.05, 0.1) is 23.3 Å². The van der Waals surface area contributed by atoms with Crippen LogP contribution in [0, 0.1) is 16.2 Å². The van der Waals surface area contributed by atoms with Crippen molar-refractivity contribution in [2.45, 2.75) is 123 Å². The first-order chi connectivity index (χ1) is 25.5. The van der Waals surface area contributed by atoms with E-state index in [1.54, 1.807) is 0 Å². The van der Waals surface area contributed by atoms with E-state index < -0.39 is 51.3 Å². The van der Waals surface area contributed by atoms with Crippen LogP contribution >= 0.6 is 0 Å². The van der Waals surface area contributed by atoms with Gasteiger partial charge in [0.2, 0.25) is 11.8 Å². The summed E-state index contributed by atoms with van der Waals surface area (Å²) in [5.41, 5.74) is 4.00. The highest BCUT2D eigenvalue weighted by molar-refractivity contribution is 6.05.